The summed E-state index contributed by atoms with van der Waals surface area (Å²) in [5.74, 6) is 0.183. The van der Waals surface area contributed by atoms with Crippen molar-refractivity contribution in [2.75, 3.05) is 19.0 Å². The molecule has 1 aromatic carbocycles. The zero-order valence-corrected chi connectivity index (χ0v) is 18.1. The first kappa shape index (κ1) is 20.8. The van der Waals surface area contributed by atoms with Gasteiger partial charge in [-0.3, -0.25) is 10.1 Å². The number of carbonyl (C=O) groups excluding carboxylic acids is 1. The molecule has 0 bridgehead atoms. The minimum atomic E-state index is -3.83. The predicted octanol–water partition coefficient (Wildman–Crippen LogP) is 3.25. The van der Waals surface area contributed by atoms with Gasteiger partial charge in [0, 0.05) is 6.54 Å². The second-order valence-electron chi connectivity index (χ2n) is 6.43. The molecule has 1 aliphatic heterocycles. The van der Waals surface area contributed by atoms with E-state index >= 15 is 0 Å². The maximum Gasteiger partial charge on any atom is 0.322 e. The number of hydrogen-bond acceptors (Lipinski definition) is 8. The summed E-state index contributed by atoms with van der Waals surface area (Å²) in [6.45, 7) is 0.242. The molecule has 0 spiro atoms. The van der Waals surface area contributed by atoms with Gasteiger partial charge in [-0.05, 0) is 37.1 Å². The lowest BCUT2D eigenvalue weighted by Gasteiger charge is -2.21. The van der Waals surface area contributed by atoms with Gasteiger partial charge in [-0.1, -0.05) is 28.8 Å². The highest BCUT2D eigenvalue weighted by atomic mass is 35.5. The lowest BCUT2D eigenvalue weighted by atomic mass is 10.2. The summed E-state index contributed by atoms with van der Waals surface area (Å²) in [4.78, 5) is 12.8. The van der Waals surface area contributed by atoms with E-state index in [1.807, 2.05) is 0 Å². The third-order valence-corrected chi connectivity index (χ3v) is 8.22. The monoisotopic (exact) mass is 468 g/mol. The van der Waals surface area contributed by atoms with Crippen molar-refractivity contribution in [2.24, 2.45) is 0 Å². The number of anilines is 1. The lowest BCUT2D eigenvalue weighted by Crippen LogP contribution is -2.42. The standard InChI is InChI=1S/C18H17ClN4O5S2/c1-27-13-7-3-2-5-11(13)17-21-22-18(28-17)20-16(24)12-6-4-10-23(12)30(25,26)15-9-8-14(19)29-15/h2-3,5,7-9,12H,4,6,10H2,1H3,(H,20,22,24). The number of rotatable bonds is 6. The van der Waals surface area contributed by atoms with Gasteiger partial charge >= 0.3 is 6.01 Å². The Morgan fingerprint density at radius 1 is 1.30 bits per heavy atom. The summed E-state index contributed by atoms with van der Waals surface area (Å²) in [5.41, 5.74) is 0.577. The Hall–Kier alpha value is -2.47. The number of ether oxygens (including phenoxy) is 1. The maximum absolute atomic E-state index is 12.9. The van der Waals surface area contributed by atoms with Crippen molar-refractivity contribution in [3.63, 3.8) is 0 Å². The topological polar surface area (TPSA) is 115 Å². The van der Waals surface area contributed by atoms with Crippen LogP contribution in [0.3, 0.4) is 0 Å². The van der Waals surface area contributed by atoms with Crippen LogP contribution in [0.15, 0.2) is 45.0 Å². The molecule has 1 amide bonds. The highest BCUT2D eigenvalue weighted by Gasteiger charge is 2.40. The molecule has 0 saturated carbocycles. The van der Waals surface area contributed by atoms with Crippen LogP contribution >= 0.6 is 22.9 Å². The van der Waals surface area contributed by atoms with E-state index in [0.29, 0.717) is 28.5 Å². The molecule has 2 aromatic heterocycles. The minimum absolute atomic E-state index is 0.100. The van der Waals surface area contributed by atoms with Crippen molar-refractivity contribution in [3.8, 4) is 17.2 Å². The van der Waals surface area contributed by atoms with Crippen LogP contribution in [0.5, 0.6) is 5.75 Å². The van der Waals surface area contributed by atoms with Gasteiger partial charge < -0.3 is 9.15 Å². The molecule has 1 unspecified atom stereocenters. The summed E-state index contributed by atoms with van der Waals surface area (Å²) in [6.07, 6.45) is 0.949. The van der Waals surface area contributed by atoms with Crippen LogP contribution < -0.4 is 10.1 Å². The van der Waals surface area contributed by atoms with Crippen LogP contribution in [-0.2, 0) is 14.8 Å². The summed E-state index contributed by atoms with van der Waals surface area (Å²) in [7, 11) is -2.31. The Balaban J connectivity index is 1.52. The SMILES string of the molecule is COc1ccccc1-c1nnc(NC(=O)C2CCCN2S(=O)(=O)c2ccc(Cl)s2)o1. The number of carbonyl (C=O) groups is 1. The number of para-hydroxylation sites is 1. The first-order valence-corrected chi connectivity index (χ1v) is 11.6. The van der Waals surface area contributed by atoms with E-state index in [-0.39, 0.29) is 22.7 Å². The zero-order chi connectivity index (χ0) is 21.3. The van der Waals surface area contributed by atoms with Crippen LogP contribution in [0.25, 0.3) is 11.5 Å². The summed E-state index contributed by atoms with van der Waals surface area (Å²) >= 11 is 6.83. The molecule has 1 saturated heterocycles. The van der Waals surface area contributed by atoms with Crippen molar-refractivity contribution >= 4 is 44.9 Å². The molecule has 3 aromatic rings. The third kappa shape index (κ3) is 3.93. The Bertz CT molecular complexity index is 1180. The molecule has 12 heteroatoms. The van der Waals surface area contributed by atoms with Gasteiger partial charge in [-0.2, -0.15) is 4.31 Å². The number of nitrogens with one attached hydrogen (secondary N) is 1. The summed E-state index contributed by atoms with van der Waals surface area (Å²) in [5, 5.41) is 10.3. The molecule has 1 atom stereocenters. The second kappa shape index (κ2) is 8.34. The molecule has 30 heavy (non-hydrogen) atoms. The maximum atomic E-state index is 12.9. The van der Waals surface area contributed by atoms with Gasteiger partial charge in [0.25, 0.3) is 15.9 Å². The fourth-order valence-corrected chi connectivity index (χ4v) is 6.50. The minimum Gasteiger partial charge on any atom is -0.496 e. The molecular formula is C18H17ClN4O5S2. The van der Waals surface area contributed by atoms with E-state index in [1.165, 1.54) is 23.5 Å². The van der Waals surface area contributed by atoms with Crippen molar-refractivity contribution in [1.29, 1.82) is 0 Å². The number of sulfonamides is 1. The number of halogens is 1. The first-order valence-electron chi connectivity index (χ1n) is 8.95. The van der Waals surface area contributed by atoms with Gasteiger partial charge in [-0.15, -0.1) is 16.4 Å². The van der Waals surface area contributed by atoms with E-state index in [9.17, 15) is 13.2 Å². The normalized spacial score (nSPS) is 17.2. The smallest absolute Gasteiger partial charge is 0.322 e. The molecule has 1 fully saturated rings. The zero-order valence-electron chi connectivity index (χ0n) is 15.7. The first-order chi connectivity index (χ1) is 14.4. The average molecular weight is 469 g/mol. The van der Waals surface area contributed by atoms with E-state index in [2.05, 4.69) is 15.5 Å². The second-order valence-corrected chi connectivity index (χ2v) is 10.3. The molecule has 0 aliphatic carbocycles. The van der Waals surface area contributed by atoms with Crippen LogP contribution in [0.4, 0.5) is 6.01 Å². The van der Waals surface area contributed by atoms with Crippen molar-refractivity contribution in [2.45, 2.75) is 23.1 Å². The molecule has 1 aliphatic rings. The Kier molecular flexibility index (Phi) is 5.78. The van der Waals surface area contributed by atoms with E-state index in [4.69, 9.17) is 20.8 Å². The van der Waals surface area contributed by atoms with Gasteiger partial charge in [0.15, 0.2) is 0 Å². The number of hydrogen-bond donors (Lipinski definition) is 1. The van der Waals surface area contributed by atoms with Crippen LogP contribution in [0.1, 0.15) is 12.8 Å². The molecule has 158 valence electrons. The molecule has 4 rings (SSSR count). The Labute approximate surface area is 181 Å². The Morgan fingerprint density at radius 3 is 2.83 bits per heavy atom. The molecule has 1 N–H and O–H groups in total. The summed E-state index contributed by atoms with van der Waals surface area (Å²) in [6, 6.07) is 9.04. The van der Waals surface area contributed by atoms with E-state index in [0.717, 1.165) is 11.3 Å². The van der Waals surface area contributed by atoms with Crippen LogP contribution in [0.2, 0.25) is 4.34 Å². The number of nitrogens with zero attached hydrogens (tertiary/aromatic N) is 3. The van der Waals surface area contributed by atoms with Crippen LogP contribution in [-0.4, -0.2) is 48.5 Å². The van der Waals surface area contributed by atoms with Crippen molar-refractivity contribution in [1.82, 2.24) is 14.5 Å². The van der Waals surface area contributed by atoms with E-state index < -0.39 is 22.0 Å². The van der Waals surface area contributed by atoms with Gasteiger partial charge in [0.1, 0.15) is 16.0 Å². The molecule has 9 nitrogen and oxygen atoms in total. The van der Waals surface area contributed by atoms with Crippen molar-refractivity contribution in [3.05, 3.63) is 40.7 Å². The fourth-order valence-electron chi connectivity index (χ4n) is 3.23. The average Bonchev–Trinajstić information content (AvgIpc) is 3.48. The highest BCUT2D eigenvalue weighted by molar-refractivity contribution is 7.91. The van der Waals surface area contributed by atoms with Crippen molar-refractivity contribution < 1.29 is 22.4 Å². The number of aromatic nitrogens is 2. The van der Waals surface area contributed by atoms with Crippen LogP contribution in [0, 0.1) is 0 Å². The number of thiophene rings is 1. The predicted molar refractivity (Wildman–Crippen MR) is 111 cm³/mol. The van der Waals surface area contributed by atoms with Gasteiger partial charge in [-0.25, -0.2) is 8.42 Å². The number of methoxy groups -OCH3 is 1. The van der Waals surface area contributed by atoms with Gasteiger partial charge in [0.2, 0.25) is 5.91 Å². The fraction of sp³-hybridized carbons (Fsp3) is 0.278. The highest BCUT2D eigenvalue weighted by Crippen LogP contribution is 2.33. The lowest BCUT2D eigenvalue weighted by molar-refractivity contribution is -0.119. The summed E-state index contributed by atoms with van der Waals surface area (Å²) < 4.78 is 38.3. The Morgan fingerprint density at radius 2 is 2.10 bits per heavy atom. The van der Waals surface area contributed by atoms with E-state index in [1.54, 1.807) is 24.3 Å². The number of amides is 1. The van der Waals surface area contributed by atoms with Gasteiger partial charge in [0.05, 0.1) is 17.0 Å². The third-order valence-electron chi connectivity index (χ3n) is 4.61. The number of benzene rings is 1. The molecule has 3 heterocycles. The quantitative estimate of drug-likeness (QED) is 0.590. The molecule has 0 radical (unpaired) electrons. The largest absolute Gasteiger partial charge is 0.496 e. The molecular weight excluding hydrogens is 452 g/mol.